The first-order valence-corrected chi connectivity index (χ1v) is 7.00. The summed E-state index contributed by atoms with van der Waals surface area (Å²) in [5, 5.41) is 8.49. The first-order valence-electron chi connectivity index (χ1n) is 5.39. The molecule has 2 atom stereocenters. The largest absolute Gasteiger partial charge is 0.481 e. The second-order valence-corrected chi connectivity index (χ2v) is 6.17. The van der Waals surface area contributed by atoms with E-state index in [1.54, 1.807) is 6.92 Å². The average molecular weight is 266 g/mol. The summed E-state index contributed by atoms with van der Waals surface area (Å²) in [6.45, 7) is 2.49. The lowest BCUT2D eigenvalue weighted by atomic mass is 10.2. The standard InChI is InChI=1S/C9H18N2O5S/c1-7(10)8-6-11(3-4-16-8)17(14,15)5-2-9(12)13/h7-8H,2-6,10H2,1H3,(H,12,13). The zero-order valence-electron chi connectivity index (χ0n) is 9.70. The molecule has 1 heterocycles. The number of morpholine rings is 1. The highest BCUT2D eigenvalue weighted by atomic mass is 32.2. The van der Waals surface area contributed by atoms with Crippen molar-refractivity contribution in [1.29, 1.82) is 0 Å². The summed E-state index contributed by atoms with van der Waals surface area (Å²) in [7, 11) is -3.53. The number of aliphatic carboxylic acids is 1. The van der Waals surface area contributed by atoms with Crippen molar-refractivity contribution in [3.05, 3.63) is 0 Å². The molecule has 0 aromatic rings. The van der Waals surface area contributed by atoms with Gasteiger partial charge in [-0.05, 0) is 6.92 Å². The molecule has 0 aromatic carbocycles. The monoisotopic (exact) mass is 266 g/mol. The Morgan fingerprint density at radius 2 is 2.29 bits per heavy atom. The SMILES string of the molecule is CC(N)C1CN(S(=O)(=O)CCC(=O)O)CCO1. The van der Waals surface area contributed by atoms with Crippen molar-refractivity contribution in [2.75, 3.05) is 25.4 Å². The molecule has 0 amide bonds. The van der Waals surface area contributed by atoms with E-state index in [1.165, 1.54) is 4.31 Å². The molecule has 17 heavy (non-hydrogen) atoms. The first kappa shape index (κ1) is 14.4. The zero-order valence-corrected chi connectivity index (χ0v) is 10.5. The van der Waals surface area contributed by atoms with Gasteiger partial charge in [0.1, 0.15) is 0 Å². The highest BCUT2D eigenvalue weighted by molar-refractivity contribution is 7.89. The van der Waals surface area contributed by atoms with Crippen LogP contribution in [-0.4, -0.2) is 61.4 Å². The molecular weight excluding hydrogens is 248 g/mol. The summed E-state index contributed by atoms with van der Waals surface area (Å²) >= 11 is 0. The van der Waals surface area contributed by atoms with Gasteiger partial charge in [-0.25, -0.2) is 8.42 Å². The van der Waals surface area contributed by atoms with Crippen LogP contribution in [0.2, 0.25) is 0 Å². The minimum Gasteiger partial charge on any atom is -0.481 e. The molecule has 0 aliphatic carbocycles. The predicted octanol–water partition coefficient (Wildman–Crippen LogP) is -1.16. The molecular formula is C9H18N2O5S. The van der Waals surface area contributed by atoms with E-state index in [2.05, 4.69) is 0 Å². The van der Waals surface area contributed by atoms with Crippen molar-refractivity contribution in [1.82, 2.24) is 4.31 Å². The van der Waals surface area contributed by atoms with E-state index < -0.39 is 16.0 Å². The number of carboxylic acids is 1. The van der Waals surface area contributed by atoms with Gasteiger partial charge in [-0.1, -0.05) is 0 Å². The van der Waals surface area contributed by atoms with Gasteiger partial charge in [-0.3, -0.25) is 4.79 Å². The molecule has 3 N–H and O–H groups in total. The van der Waals surface area contributed by atoms with Crippen molar-refractivity contribution < 1.29 is 23.1 Å². The van der Waals surface area contributed by atoms with Crippen molar-refractivity contribution in [2.45, 2.75) is 25.5 Å². The lowest BCUT2D eigenvalue weighted by Gasteiger charge is -2.33. The maximum Gasteiger partial charge on any atom is 0.304 e. The number of hydrogen-bond acceptors (Lipinski definition) is 5. The van der Waals surface area contributed by atoms with E-state index in [1.807, 2.05) is 0 Å². The summed E-state index contributed by atoms with van der Waals surface area (Å²) < 4.78 is 30.2. The lowest BCUT2D eigenvalue weighted by Crippen LogP contribution is -2.51. The van der Waals surface area contributed by atoms with Crippen molar-refractivity contribution in [3.63, 3.8) is 0 Å². The molecule has 0 radical (unpaired) electrons. The maximum atomic E-state index is 11.8. The number of rotatable bonds is 5. The number of sulfonamides is 1. The summed E-state index contributed by atoms with van der Waals surface area (Å²) in [6.07, 6.45) is -0.717. The van der Waals surface area contributed by atoms with Gasteiger partial charge in [0.2, 0.25) is 10.0 Å². The van der Waals surface area contributed by atoms with Gasteiger partial charge in [-0.2, -0.15) is 4.31 Å². The van der Waals surface area contributed by atoms with Gasteiger partial charge in [0.05, 0.1) is 24.9 Å². The lowest BCUT2D eigenvalue weighted by molar-refractivity contribution is -0.136. The molecule has 7 nitrogen and oxygen atoms in total. The molecule has 0 bridgehead atoms. The van der Waals surface area contributed by atoms with Crippen molar-refractivity contribution in [2.24, 2.45) is 5.73 Å². The fraction of sp³-hybridized carbons (Fsp3) is 0.889. The maximum absolute atomic E-state index is 11.8. The van der Waals surface area contributed by atoms with E-state index in [0.29, 0.717) is 6.61 Å². The van der Waals surface area contributed by atoms with Crippen molar-refractivity contribution >= 4 is 16.0 Å². The van der Waals surface area contributed by atoms with Crippen molar-refractivity contribution in [3.8, 4) is 0 Å². The molecule has 0 saturated carbocycles. The molecule has 2 unspecified atom stereocenters. The van der Waals surface area contributed by atoms with Gasteiger partial charge in [-0.15, -0.1) is 0 Å². The minimum absolute atomic E-state index is 0.194. The predicted molar refractivity (Wildman–Crippen MR) is 61.0 cm³/mol. The Bertz CT molecular complexity index is 368. The molecule has 1 fully saturated rings. The van der Waals surface area contributed by atoms with E-state index >= 15 is 0 Å². The third kappa shape index (κ3) is 4.23. The third-order valence-corrected chi connectivity index (χ3v) is 4.45. The van der Waals surface area contributed by atoms with Crippen LogP contribution < -0.4 is 5.73 Å². The van der Waals surface area contributed by atoms with Gasteiger partial charge >= 0.3 is 5.97 Å². The quantitative estimate of drug-likeness (QED) is 0.649. The zero-order chi connectivity index (χ0) is 13.1. The van der Waals surface area contributed by atoms with Crippen LogP contribution in [0, 0.1) is 0 Å². The molecule has 100 valence electrons. The Labute approximate surface area is 101 Å². The van der Waals surface area contributed by atoms with E-state index in [0.717, 1.165) is 0 Å². The van der Waals surface area contributed by atoms with Crippen LogP contribution in [0.5, 0.6) is 0 Å². The molecule has 8 heteroatoms. The smallest absolute Gasteiger partial charge is 0.304 e. The average Bonchev–Trinajstić information content (AvgIpc) is 2.27. The Morgan fingerprint density at radius 1 is 1.65 bits per heavy atom. The molecule has 0 aromatic heterocycles. The van der Waals surface area contributed by atoms with Gasteiger partial charge in [0.25, 0.3) is 0 Å². The van der Waals surface area contributed by atoms with Crippen LogP contribution in [0.25, 0.3) is 0 Å². The number of carboxylic acid groups (broad SMARTS) is 1. The molecule has 1 aliphatic heterocycles. The second-order valence-electron chi connectivity index (χ2n) is 4.09. The van der Waals surface area contributed by atoms with E-state index in [9.17, 15) is 13.2 Å². The van der Waals surface area contributed by atoms with Gasteiger partial charge < -0.3 is 15.6 Å². The Balaban J connectivity index is 2.61. The summed E-state index contributed by atoms with van der Waals surface area (Å²) in [5.41, 5.74) is 5.65. The summed E-state index contributed by atoms with van der Waals surface area (Å²) in [5.74, 6) is -1.50. The molecule has 0 spiro atoms. The normalized spacial score (nSPS) is 24.5. The van der Waals surface area contributed by atoms with Crippen LogP contribution in [0.4, 0.5) is 0 Å². The van der Waals surface area contributed by atoms with Crippen LogP contribution >= 0.6 is 0 Å². The van der Waals surface area contributed by atoms with Crippen LogP contribution in [0.3, 0.4) is 0 Å². The van der Waals surface area contributed by atoms with Gasteiger partial charge in [0, 0.05) is 19.1 Å². The highest BCUT2D eigenvalue weighted by Gasteiger charge is 2.31. The molecule has 1 saturated heterocycles. The summed E-state index contributed by atoms with van der Waals surface area (Å²) in [4.78, 5) is 10.4. The van der Waals surface area contributed by atoms with E-state index in [4.69, 9.17) is 15.6 Å². The fourth-order valence-corrected chi connectivity index (χ4v) is 2.98. The Kier molecular flexibility index (Phi) is 4.87. The van der Waals surface area contributed by atoms with Crippen LogP contribution in [0.1, 0.15) is 13.3 Å². The van der Waals surface area contributed by atoms with Gasteiger partial charge in [0.15, 0.2) is 0 Å². The number of ether oxygens (including phenoxy) is 1. The number of nitrogens with zero attached hydrogens (tertiary/aromatic N) is 1. The van der Waals surface area contributed by atoms with Crippen LogP contribution in [-0.2, 0) is 19.6 Å². The number of nitrogens with two attached hydrogens (primary N) is 1. The topological polar surface area (TPSA) is 110 Å². The third-order valence-electron chi connectivity index (χ3n) is 2.61. The van der Waals surface area contributed by atoms with Crippen LogP contribution in [0.15, 0.2) is 0 Å². The molecule has 1 rings (SSSR count). The minimum atomic E-state index is -3.53. The number of carbonyl (C=O) groups is 1. The van der Waals surface area contributed by atoms with E-state index in [-0.39, 0.29) is 37.4 Å². The Hall–Kier alpha value is -0.700. The number of hydrogen-bond donors (Lipinski definition) is 2. The molecule has 1 aliphatic rings. The second kappa shape index (κ2) is 5.76. The Morgan fingerprint density at radius 3 is 2.82 bits per heavy atom. The fourth-order valence-electron chi connectivity index (χ4n) is 1.57. The first-order chi connectivity index (χ1) is 7.83. The summed E-state index contributed by atoms with van der Waals surface area (Å²) in [6, 6.07) is -0.257. The highest BCUT2D eigenvalue weighted by Crippen LogP contribution is 2.13.